The Labute approximate surface area is 137 Å². The SMILES string of the molecule is O=S(=O)(C1CC1)N1CCN(c2nnc(-c3cccs3)s2)CC1. The molecule has 0 atom stereocenters. The fraction of sp³-hybridized carbons (Fsp3) is 0.538. The van der Waals surface area contributed by atoms with Crippen LogP contribution in [0.2, 0.25) is 0 Å². The van der Waals surface area contributed by atoms with Gasteiger partial charge in [-0.25, -0.2) is 8.42 Å². The summed E-state index contributed by atoms with van der Waals surface area (Å²) in [5.41, 5.74) is 0. The number of nitrogens with zero attached hydrogens (tertiary/aromatic N) is 4. The zero-order valence-electron chi connectivity index (χ0n) is 11.9. The van der Waals surface area contributed by atoms with Gasteiger partial charge in [0.2, 0.25) is 15.2 Å². The molecule has 0 aromatic carbocycles. The van der Waals surface area contributed by atoms with Crippen molar-refractivity contribution in [3.05, 3.63) is 17.5 Å². The standard InChI is InChI=1S/C13H16N4O2S3/c18-22(19,10-3-4-10)17-7-5-16(6-8-17)13-15-14-12(21-13)11-2-1-9-20-11/h1-2,9-10H,3-8H2. The van der Waals surface area contributed by atoms with E-state index in [9.17, 15) is 8.42 Å². The Morgan fingerprint density at radius 1 is 1.14 bits per heavy atom. The molecular weight excluding hydrogens is 340 g/mol. The topological polar surface area (TPSA) is 66.4 Å². The Hall–Kier alpha value is -1.03. The van der Waals surface area contributed by atoms with Crippen LogP contribution in [0.25, 0.3) is 9.88 Å². The number of hydrogen-bond donors (Lipinski definition) is 0. The fourth-order valence-corrected chi connectivity index (χ4v) is 6.07. The molecule has 2 aromatic heterocycles. The molecule has 0 N–H and O–H groups in total. The Balaban J connectivity index is 1.43. The van der Waals surface area contributed by atoms with E-state index in [1.165, 1.54) is 0 Å². The molecule has 6 nitrogen and oxygen atoms in total. The first-order valence-corrected chi connectivity index (χ1v) is 10.5. The van der Waals surface area contributed by atoms with Crippen LogP contribution in [0.1, 0.15) is 12.8 Å². The highest BCUT2D eigenvalue weighted by Gasteiger charge is 2.41. The molecule has 22 heavy (non-hydrogen) atoms. The van der Waals surface area contributed by atoms with Crippen LogP contribution in [-0.2, 0) is 10.0 Å². The zero-order valence-corrected chi connectivity index (χ0v) is 14.3. The lowest BCUT2D eigenvalue weighted by molar-refractivity contribution is 0.384. The molecule has 2 aromatic rings. The Morgan fingerprint density at radius 2 is 1.91 bits per heavy atom. The highest BCUT2D eigenvalue weighted by Crippen LogP contribution is 2.34. The van der Waals surface area contributed by atoms with Crippen molar-refractivity contribution in [1.29, 1.82) is 0 Å². The van der Waals surface area contributed by atoms with Gasteiger partial charge >= 0.3 is 0 Å². The number of sulfonamides is 1. The summed E-state index contributed by atoms with van der Waals surface area (Å²) in [4.78, 5) is 3.26. The fourth-order valence-electron chi connectivity index (χ4n) is 2.55. The third-order valence-corrected chi connectivity index (χ3v) is 8.38. The maximum Gasteiger partial charge on any atom is 0.217 e. The second-order valence-corrected chi connectivity index (χ2v) is 9.61. The lowest BCUT2D eigenvalue weighted by Crippen LogP contribution is -2.49. The third kappa shape index (κ3) is 2.66. The van der Waals surface area contributed by atoms with Crippen LogP contribution in [0.15, 0.2) is 17.5 Å². The highest BCUT2D eigenvalue weighted by molar-refractivity contribution is 7.90. The molecule has 2 aliphatic rings. The van der Waals surface area contributed by atoms with E-state index in [1.54, 1.807) is 27.0 Å². The minimum Gasteiger partial charge on any atom is -0.344 e. The second-order valence-electron chi connectivity index (χ2n) is 5.50. The van der Waals surface area contributed by atoms with Crippen molar-refractivity contribution in [3.63, 3.8) is 0 Å². The summed E-state index contributed by atoms with van der Waals surface area (Å²) in [6, 6.07) is 4.04. The van der Waals surface area contributed by atoms with Gasteiger partial charge in [-0.1, -0.05) is 17.4 Å². The van der Waals surface area contributed by atoms with Gasteiger partial charge < -0.3 is 4.90 Å². The molecule has 1 aliphatic heterocycles. The van der Waals surface area contributed by atoms with E-state index in [4.69, 9.17) is 0 Å². The highest BCUT2D eigenvalue weighted by atomic mass is 32.2. The normalized spacial score (nSPS) is 20.5. The summed E-state index contributed by atoms with van der Waals surface area (Å²) in [5.74, 6) is 0. The molecule has 1 saturated heterocycles. The van der Waals surface area contributed by atoms with Gasteiger partial charge in [0.1, 0.15) is 0 Å². The summed E-state index contributed by atoms with van der Waals surface area (Å²) in [6.45, 7) is 2.47. The van der Waals surface area contributed by atoms with E-state index in [0.29, 0.717) is 26.2 Å². The van der Waals surface area contributed by atoms with Crippen LogP contribution in [0.3, 0.4) is 0 Å². The van der Waals surface area contributed by atoms with Crippen LogP contribution in [-0.4, -0.2) is 54.3 Å². The number of hydrogen-bond acceptors (Lipinski definition) is 7. The molecule has 2 fully saturated rings. The minimum atomic E-state index is -3.05. The predicted octanol–water partition coefficient (Wildman–Crippen LogP) is 1.88. The molecule has 0 bridgehead atoms. The van der Waals surface area contributed by atoms with Gasteiger partial charge in [0.25, 0.3) is 0 Å². The lowest BCUT2D eigenvalue weighted by atomic mass is 10.4. The molecule has 3 heterocycles. The van der Waals surface area contributed by atoms with E-state index in [-0.39, 0.29) is 5.25 Å². The number of rotatable bonds is 4. The van der Waals surface area contributed by atoms with Crippen LogP contribution >= 0.6 is 22.7 Å². The minimum absolute atomic E-state index is 0.119. The largest absolute Gasteiger partial charge is 0.344 e. The van der Waals surface area contributed by atoms with Gasteiger partial charge in [0.15, 0.2) is 5.01 Å². The average Bonchev–Trinajstić information content (AvgIpc) is 3.06. The summed E-state index contributed by atoms with van der Waals surface area (Å²) < 4.78 is 26.1. The number of piperazine rings is 1. The van der Waals surface area contributed by atoms with E-state index < -0.39 is 10.0 Å². The molecule has 0 spiro atoms. The van der Waals surface area contributed by atoms with Crippen molar-refractivity contribution in [3.8, 4) is 9.88 Å². The number of thiophene rings is 1. The molecule has 1 saturated carbocycles. The first-order chi connectivity index (χ1) is 10.6. The number of aromatic nitrogens is 2. The van der Waals surface area contributed by atoms with E-state index in [0.717, 1.165) is 27.9 Å². The van der Waals surface area contributed by atoms with Crippen LogP contribution < -0.4 is 4.90 Å². The third-order valence-electron chi connectivity index (χ3n) is 3.96. The predicted molar refractivity (Wildman–Crippen MR) is 88.9 cm³/mol. The lowest BCUT2D eigenvalue weighted by Gasteiger charge is -2.33. The van der Waals surface area contributed by atoms with Gasteiger partial charge in [-0.15, -0.1) is 21.5 Å². The van der Waals surface area contributed by atoms with Gasteiger partial charge in [-0.3, -0.25) is 0 Å². The van der Waals surface area contributed by atoms with Gasteiger partial charge in [-0.2, -0.15) is 4.31 Å². The molecule has 0 unspecified atom stereocenters. The van der Waals surface area contributed by atoms with Crippen molar-refractivity contribution in [2.24, 2.45) is 0 Å². The first-order valence-electron chi connectivity index (χ1n) is 7.26. The van der Waals surface area contributed by atoms with Gasteiger partial charge in [0.05, 0.1) is 10.1 Å². The van der Waals surface area contributed by atoms with Crippen molar-refractivity contribution in [2.45, 2.75) is 18.1 Å². The Bertz CT molecular complexity index is 744. The monoisotopic (exact) mass is 356 g/mol. The summed E-state index contributed by atoms with van der Waals surface area (Å²) in [7, 11) is -3.05. The van der Waals surface area contributed by atoms with Gasteiger partial charge in [0, 0.05) is 26.2 Å². The molecule has 9 heteroatoms. The molecule has 0 amide bonds. The number of anilines is 1. The molecule has 0 radical (unpaired) electrons. The first kappa shape index (κ1) is 14.6. The molecular formula is C13H16N4O2S3. The van der Waals surface area contributed by atoms with Crippen molar-refractivity contribution in [1.82, 2.24) is 14.5 Å². The maximum absolute atomic E-state index is 12.2. The van der Waals surface area contributed by atoms with E-state index in [1.807, 2.05) is 17.5 Å². The summed E-state index contributed by atoms with van der Waals surface area (Å²) in [6.07, 6.45) is 1.65. The van der Waals surface area contributed by atoms with E-state index >= 15 is 0 Å². The van der Waals surface area contributed by atoms with Crippen molar-refractivity contribution in [2.75, 3.05) is 31.1 Å². The van der Waals surface area contributed by atoms with Crippen molar-refractivity contribution >= 4 is 37.8 Å². The smallest absolute Gasteiger partial charge is 0.217 e. The average molecular weight is 356 g/mol. The molecule has 1 aliphatic carbocycles. The van der Waals surface area contributed by atoms with Gasteiger partial charge in [-0.05, 0) is 24.3 Å². The quantitative estimate of drug-likeness (QED) is 0.837. The maximum atomic E-state index is 12.2. The van der Waals surface area contributed by atoms with Crippen LogP contribution in [0.5, 0.6) is 0 Å². The van der Waals surface area contributed by atoms with Crippen LogP contribution in [0.4, 0.5) is 5.13 Å². The Kier molecular flexibility index (Phi) is 3.67. The molecule has 118 valence electrons. The second kappa shape index (κ2) is 5.55. The zero-order chi connectivity index (χ0) is 15.2. The Morgan fingerprint density at radius 3 is 2.55 bits per heavy atom. The van der Waals surface area contributed by atoms with Crippen LogP contribution in [0, 0.1) is 0 Å². The summed E-state index contributed by atoms with van der Waals surface area (Å²) in [5, 5.41) is 12.2. The molecule has 4 rings (SSSR count). The van der Waals surface area contributed by atoms with Crippen molar-refractivity contribution < 1.29 is 8.42 Å². The van der Waals surface area contributed by atoms with E-state index in [2.05, 4.69) is 15.1 Å². The summed E-state index contributed by atoms with van der Waals surface area (Å²) >= 11 is 3.22.